The highest BCUT2D eigenvalue weighted by atomic mass is 16.6. The minimum Gasteiger partial charge on any atom is -0.463 e. The Morgan fingerprint density at radius 2 is 2.00 bits per heavy atom. The predicted octanol–water partition coefficient (Wildman–Crippen LogP) is 2.37. The Balaban J connectivity index is 1.81. The molecule has 7 nitrogen and oxygen atoms in total. The average molecular weight is 342 g/mol. The zero-order chi connectivity index (χ0) is 17.8. The van der Waals surface area contributed by atoms with Gasteiger partial charge < -0.3 is 14.0 Å². The Bertz CT molecular complexity index is 797. The van der Waals surface area contributed by atoms with Crippen molar-refractivity contribution in [3.05, 3.63) is 59.5 Å². The van der Waals surface area contributed by atoms with Gasteiger partial charge in [-0.1, -0.05) is 35.5 Å². The maximum Gasteiger partial charge on any atom is 0.373 e. The van der Waals surface area contributed by atoms with E-state index in [-0.39, 0.29) is 18.2 Å². The van der Waals surface area contributed by atoms with Crippen LogP contribution in [-0.4, -0.2) is 35.8 Å². The SMILES string of the molecule is COC(=O)c1ccc(CN2C(=O)C(C)ON=C2Cc2ccccc2)o1. The molecule has 1 atom stereocenters. The summed E-state index contributed by atoms with van der Waals surface area (Å²) in [5.74, 6) is 0.268. The second kappa shape index (κ2) is 7.21. The number of benzene rings is 1. The summed E-state index contributed by atoms with van der Waals surface area (Å²) in [4.78, 5) is 30.7. The molecule has 2 aromatic rings. The second-order valence-electron chi connectivity index (χ2n) is 5.60. The van der Waals surface area contributed by atoms with E-state index < -0.39 is 12.1 Å². The van der Waals surface area contributed by atoms with Gasteiger partial charge >= 0.3 is 5.97 Å². The molecule has 0 aliphatic carbocycles. The minimum absolute atomic E-state index is 0.0906. The summed E-state index contributed by atoms with van der Waals surface area (Å²) in [5, 5.41) is 4.08. The molecule has 0 N–H and O–H groups in total. The monoisotopic (exact) mass is 342 g/mol. The third kappa shape index (κ3) is 3.71. The van der Waals surface area contributed by atoms with Crippen molar-refractivity contribution in [1.82, 2.24) is 4.90 Å². The van der Waals surface area contributed by atoms with Gasteiger partial charge in [0.05, 0.1) is 13.7 Å². The van der Waals surface area contributed by atoms with E-state index >= 15 is 0 Å². The van der Waals surface area contributed by atoms with Crippen LogP contribution >= 0.6 is 0 Å². The summed E-state index contributed by atoms with van der Waals surface area (Å²) in [7, 11) is 1.28. The fourth-order valence-corrected chi connectivity index (χ4v) is 2.49. The van der Waals surface area contributed by atoms with Gasteiger partial charge in [-0.25, -0.2) is 4.79 Å². The third-order valence-corrected chi connectivity index (χ3v) is 3.81. The molecule has 1 aliphatic rings. The average Bonchev–Trinajstić information content (AvgIpc) is 3.10. The van der Waals surface area contributed by atoms with Crippen LogP contribution in [-0.2, 0) is 27.3 Å². The van der Waals surface area contributed by atoms with Crippen LogP contribution in [0.15, 0.2) is 52.0 Å². The van der Waals surface area contributed by atoms with Crippen molar-refractivity contribution in [2.45, 2.75) is 26.0 Å². The summed E-state index contributed by atoms with van der Waals surface area (Å²) in [5.41, 5.74) is 1.01. The summed E-state index contributed by atoms with van der Waals surface area (Å²) in [6.07, 6.45) is -0.223. The molecule has 0 bridgehead atoms. The van der Waals surface area contributed by atoms with Gasteiger partial charge in [0.2, 0.25) is 11.9 Å². The first-order chi connectivity index (χ1) is 12.1. The number of carbonyl (C=O) groups excluding carboxylic acids is 2. The lowest BCUT2D eigenvalue weighted by molar-refractivity contribution is -0.142. The number of hydrogen-bond donors (Lipinski definition) is 0. The third-order valence-electron chi connectivity index (χ3n) is 3.81. The number of ether oxygens (including phenoxy) is 1. The van der Waals surface area contributed by atoms with Crippen LogP contribution in [0.25, 0.3) is 0 Å². The van der Waals surface area contributed by atoms with Crippen LogP contribution in [0.3, 0.4) is 0 Å². The van der Waals surface area contributed by atoms with Crippen molar-refractivity contribution < 1.29 is 23.6 Å². The standard InChI is InChI=1S/C18H18N2O5/c1-12-17(21)20(11-14-8-9-15(24-14)18(22)23-2)16(19-25-12)10-13-6-4-3-5-7-13/h3-9,12H,10-11H2,1-2H3. The van der Waals surface area contributed by atoms with E-state index in [4.69, 9.17) is 9.25 Å². The lowest BCUT2D eigenvalue weighted by Gasteiger charge is -2.29. The van der Waals surface area contributed by atoms with E-state index in [9.17, 15) is 9.59 Å². The minimum atomic E-state index is -0.672. The van der Waals surface area contributed by atoms with E-state index in [2.05, 4.69) is 9.89 Å². The molecule has 130 valence electrons. The van der Waals surface area contributed by atoms with Gasteiger partial charge in [0.15, 0.2) is 5.84 Å². The van der Waals surface area contributed by atoms with Crippen LogP contribution in [0.1, 0.15) is 28.8 Å². The van der Waals surface area contributed by atoms with E-state index in [0.29, 0.717) is 18.0 Å². The van der Waals surface area contributed by atoms with Crippen LogP contribution in [0.5, 0.6) is 0 Å². The Hall–Kier alpha value is -3.09. The Kier molecular flexibility index (Phi) is 4.83. The molecular formula is C18H18N2O5. The molecular weight excluding hydrogens is 324 g/mol. The van der Waals surface area contributed by atoms with Gasteiger partial charge in [0.1, 0.15) is 5.76 Å². The van der Waals surface area contributed by atoms with Crippen molar-refractivity contribution >= 4 is 17.7 Å². The molecule has 1 unspecified atom stereocenters. The molecule has 1 aromatic heterocycles. The fraction of sp³-hybridized carbons (Fsp3) is 0.278. The fourth-order valence-electron chi connectivity index (χ4n) is 2.49. The van der Waals surface area contributed by atoms with E-state index in [1.165, 1.54) is 18.1 Å². The smallest absolute Gasteiger partial charge is 0.373 e. The van der Waals surface area contributed by atoms with Crippen molar-refractivity contribution in [3.63, 3.8) is 0 Å². The Morgan fingerprint density at radius 3 is 2.72 bits per heavy atom. The quantitative estimate of drug-likeness (QED) is 0.779. The molecule has 25 heavy (non-hydrogen) atoms. The lowest BCUT2D eigenvalue weighted by Crippen LogP contribution is -2.46. The van der Waals surface area contributed by atoms with Gasteiger partial charge in [-0.3, -0.25) is 9.69 Å². The van der Waals surface area contributed by atoms with Gasteiger partial charge in [-0.05, 0) is 24.6 Å². The second-order valence-corrected chi connectivity index (χ2v) is 5.60. The van der Waals surface area contributed by atoms with Crippen molar-refractivity contribution in [2.24, 2.45) is 5.16 Å². The zero-order valence-corrected chi connectivity index (χ0v) is 14.0. The van der Waals surface area contributed by atoms with Crippen molar-refractivity contribution in [3.8, 4) is 0 Å². The lowest BCUT2D eigenvalue weighted by atomic mass is 10.1. The molecule has 3 rings (SSSR count). The number of hydrogen-bond acceptors (Lipinski definition) is 6. The first kappa shape index (κ1) is 16.8. The highest BCUT2D eigenvalue weighted by molar-refractivity contribution is 6.01. The molecule has 1 aliphatic heterocycles. The number of furan rings is 1. The first-order valence-electron chi connectivity index (χ1n) is 7.83. The van der Waals surface area contributed by atoms with Gasteiger partial charge in [-0.15, -0.1) is 0 Å². The summed E-state index contributed by atoms with van der Waals surface area (Å²) in [6, 6.07) is 12.8. The number of oxime groups is 1. The van der Waals surface area contributed by atoms with Crippen LogP contribution in [0, 0.1) is 0 Å². The van der Waals surface area contributed by atoms with Crippen molar-refractivity contribution in [1.29, 1.82) is 0 Å². The van der Waals surface area contributed by atoms with Crippen LogP contribution in [0.2, 0.25) is 0 Å². The number of carbonyl (C=O) groups is 2. The van der Waals surface area contributed by atoms with E-state index in [1.54, 1.807) is 13.0 Å². The van der Waals surface area contributed by atoms with Gasteiger partial charge in [0.25, 0.3) is 5.91 Å². The predicted molar refractivity (Wildman–Crippen MR) is 88.7 cm³/mol. The number of amides is 1. The molecule has 0 saturated carbocycles. The maximum absolute atomic E-state index is 12.5. The zero-order valence-electron chi connectivity index (χ0n) is 14.0. The summed E-state index contributed by atoms with van der Waals surface area (Å²) in [6.45, 7) is 1.80. The maximum atomic E-state index is 12.5. The van der Waals surface area contributed by atoms with Crippen LogP contribution in [0.4, 0.5) is 0 Å². The Labute approximate surface area is 144 Å². The van der Waals surface area contributed by atoms with Gasteiger partial charge in [0, 0.05) is 6.42 Å². The Morgan fingerprint density at radius 1 is 1.24 bits per heavy atom. The number of amidine groups is 1. The van der Waals surface area contributed by atoms with E-state index in [0.717, 1.165) is 5.56 Å². The molecule has 1 aromatic carbocycles. The number of rotatable bonds is 5. The molecule has 0 spiro atoms. The summed E-state index contributed by atoms with van der Waals surface area (Å²) >= 11 is 0. The first-order valence-corrected chi connectivity index (χ1v) is 7.83. The summed E-state index contributed by atoms with van der Waals surface area (Å²) < 4.78 is 10.1. The molecule has 7 heteroatoms. The largest absolute Gasteiger partial charge is 0.463 e. The normalized spacial score (nSPS) is 17.0. The molecule has 2 heterocycles. The van der Waals surface area contributed by atoms with Gasteiger partial charge in [-0.2, -0.15) is 0 Å². The molecule has 0 saturated heterocycles. The number of nitrogens with zero attached hydrogens (tertiary/aromatic N) is 2. The van der Waals surface area contributed by atoms with Crippen molar-refractivity contribution in [2.75, 3.05) is 7.11 Å². The molecule has 0 fully saturated rings. The van der Waals surface area contributed by atoms with Crippen LogP contribution < -0.4 is 0 Å². The topological polar surface area (TPSA) is 81.3 Å². The molecule has 1 amide bonds. The number of esters is 1. The van der Waals surface area contributed by atoms with E-state index in [1.807, 2.05) is 30.3 Å². The highest BCUT2D eigenvalue weighted by Crippen LogP contribution is 2.18. The number of methoxy groups -OCH3 is 1. The molecule has 0 radical (unpaired) electrons. The highest BCUT2D eigenvalue weighted by Gasteiger charge is 2.31.